The Hall–Kier alpha value is -3.28. The van der Waals surface area contributed by atoms with Gasteiger partial charge in [-0.15, -0.1) is 5.10 Å². The normalized spacial score (nSPS) is 22.3. The first-order valence-electron chi connectivity index (χ1n) is 10.5. The summed E-state index contributed by atoms with van der Waals surface area (Å²) in [6.07, 6.45) is -2.63. The number of nitrogens with two attached hydrogens (primary N) is 2. The molecule has 0 amide bonds. The van der Waals surface area contributed by atoms with Crippen LogP contribution in [0, 0.1) is 12.0 Å². The summed E-state index contributed by atoms with van der Waals surface area (Å²) in [5, 5.41) is 4.12. The fraction of sp³-hybridized carbons (Fsp3) is 0.364. The Labute approximate surface area is 198 Å². The molecule has 3 atom stereocenters. The van der Waals surface area contributed by atoms with E-state index in [4.69, 9.17) is 37.3 Å². The van der Waals surface area contributed by atoms with Crippen molar-refractivity contribution in [1.82, 2.24) is 14.6 Å². The molecule has 4 rings (SSSR count). The van der Waals surface area contributed by atoms with E-state index in [9.17, 15) is 14.0 Å². The Morgan fingerprint density at radius 1 is 1.35 bits per heavy atom. The van der Waals surface area contributed by atoms with Crippen molar-refractivity contribution in [3.63, 3.8) is 0 Å². The monoisotopic (exact) mass is 491 g/mol. The van der Waals surface area contributed by atoms with E-state index < -0.39 is 48.5 Å². The lowest BCUT2D eigenvalue weighted by atomic mass is 10.0. The Balaban J connectivity index is 1.60. The Morgan fingerprint density at radius 3 is 2.82 bits per heavy atom. The molecule has 1 saturated heterocycles. The third-order valence-corrected chi connectivity index (χ3v) is 5.66. The van der Waals surface area contributed by atoms with Crippen molar-refractivity contribution in [2.45, 2.75) is 38.2 Å². The first-order chi connectivity index (χ1) is 16.1. The second kappa shape index (κ2) is 9.16. The molecule has 0 aliphatic carbocycles. The van der Waals surface area contributed by atoms with Gasteiger partial charge in [0.15, 0.2) is 17.6 Å². The number of anilines is 1. The Kier molecular flexibility index (Phi) is 6.43. The molecular weight excluding hydrogens is 469 g/mol. The number of ether oxygens (including phenoxy) is 3. The fourth-order valence-corrected chi connectivity index (χ4v) is 3.84. The van der Waals surface area contributed by atoms with Crippen LogP contribution in [0.4, 0.5) is 10.2 Å². The summed E-state index contributed by atoms with van der Waals surface area (Å²) in [6, 6.07) is 9.46. The summed E-state index contributed by atoms with van der Waals surface area (Å²) in [4.78, 5) is 28.4. The van der Waals surface area contributed by atoms with Crippen LogP contribution in [-0.2, 0) is 19.0 Å². The SMILES string of the molecule is CC(C)C(=O)O[C@H]1C[C@H](c2ccc3c(N)nc(F)nn23)O[C@]1(N)COC(=O)c1cccc(Cl)c1. The van der Waals surface area contributed by atoms with Gasteiger partial charge in [0.2, 0.25) is 0 Å². The summed E-state index contributed by atoms with van der Waals surface area (Å²) in [5.41, 5.74) is 11.6. The molecular formula is C22H23ClFN5O5. The van der Waals surface area contributed by atoms with Gasteiger partial charge in [0, 0.05) is 11.4 Å². The third-order valence-electron chi connectivity index (χ3n) is 5.43. The van der Waals surface area contributed by atoms with E-state index in [-0.39, 0.29) is 17.8 Å². The van der Waals surface area contributed by atoms with Gasteiger partial charge in [-0.05, 0) is 30.3 Å². The highest BCUT2D eigenvalue weighted by molar-refractivity contribution is 6.30. The second-order valence-corrected chi connectivity index (χ2v) is 8.72. The summed E-state index contributed by atoms with van der Waals surface area (Å²) in [7, 11) is 0. The average molecular weight is 492 g/mol. The van der Waals surface area contributed by atoms with Crippen LogP contribution in [0.25, 0.3) is 5.52 Å². The van der Waals surface area contributed by atoms with Gasteiger partial charge in [-0.2, -0.15) is 9.37 Å². The van der Waals surface area contributed by atoms with Crippen LogP contribution in [0.3, 0.4) is 0 Å². The molecule has 2 aromatic heterocycles. The molecule has 0 saturated carbocycles. The van der Waals surface area contributed by atoms with Crippen molar-refractivity contribution in [2.75, 3.05) is 12.3 Å². The van der Waals surface area contributed by atoms with Crippen molar-refractivity contribution in [2.24, 2.45) is 11.7 Å². The van der Waals surface area contributed by atoms with Gasteiger partial charge in [0.25, 0.3) is 0 Å². The minimum atomic E-state index is -1.68. The van der Waals surface area contributed by atoms with Crippen LogP contribution in [0.15, 0.2) is 36.4 Å². The van der Waals surface area contributed by atoms with Crippen LogP contribution in [-0.4, -0.2) is 45.0 Å². The van der Waals surface area contributed by atoms with Gasteiger partial charge in [-0.1, -0.05) is 31.5 Å². The minimum absolute atomic E-state index is 0.0472. The lowest BCUT2D eigenvalue weighted by Crippen LogP contribution is -2.54. The molecule has 0 bridgehead atoms. The zero-order valence-corrected chi connectivity index (χ0v) is 19.2. The average Bonchev–Trinajstić information content (AvgIpc) is 3.33. The lowest BCUT2D eigenvalue weighted by molar-refractivity contribution is -0.168. The predicted octanol–water partition coefficient (Wildman–Crippen LogP) is 2.65. The summed E-state index contributed by atoms with van der Waals surface area (Å²) in [5.74, 6) is -1.64. The number of hydrogen-bond donors (Lipinski definition) is 2. The van der Waals surface area contributed by atoms with E-state index in [1.165, 1.54) is 16.6 Å². The summed E-state index contributed by atoms with van der Waals surface area (Å²) in [6.45, 7) is 2.94. The smallest absolute Gasteiger partial charge is 0.338 e. The van der Waals surface area contributed by atoms with E-state index in [2.05, 4.69) is 10.1 Å². The molecule has 1 aliphatic rings. The van der Waals surface area contributed by atoms with E-state index >= 15 is 0 Å². The van der Waals surface area contributed by atoms with Crippen molar-refractivity contribution < 1.29 is 28.2 Å². The van der Waals surface area contributed by atoms with Gasteiger partial charge < -0.3 is 19.9 Å². The topological polar surface area (TPSA) is 144 Å². The number of benzene rings is 1. The van der Waals surface area contributed by atoms with E-state index in [1.54, 1.807) is 38.1 Å². The highest BCUT2D eigenvalue weighted by Crippen LogP contribution is 2.40. The first kappa shape index (κ1) is 23.9. The van der Waals surface area contributed by atoms with Crippen LogP contribution in [0.5, 0.6) is 0 Å². The predicted molar refractivity (Wildman–Crippen MR) is 119 cm³/mol. The highest BCUT2D eigenvalue weighted by Gasteiger charge is 2.51. The zero-order valence-electron chi connectivity index (χ0n) is 18.4. The zero-order chi connectivity index (χ0) is 24.6. The van der Waals surface area contributed by atoms with Crippen molar-refractivity contribution >= 4 is 34.9 Å². The van der Waals surface area contributed by atoms with Crippen molar-refractivity contribution in [3.05, 3.63) is 58.8 Å². The molecule has 0 unspecified atom stereocenters. The van der Waals surface area contributed by atoms with Gasteiger partial charge in [-0.25, -0.2) is 9.31 Å². The molecule has 34 heavy (non-hydrogen) atoms. The van der Waals surface area contributed by atoms with Gasteiger partial charge in [-0.3, -0.25) is 10.5 Å². The molecule has 3 aromatic rings. The second-order valence-electron chi connectivity index (χ2n) is 8.29. The van der Waals surface area contributed by atoms with Gasteiger partial charge in [0.1, 0.15) is 18.2 Å². The Bertz CT molecular complexity index is 1250. The molecule has 4 N–H and O–H groups in total. The number of hydrogen-bond acceptors (Lipinski definition) is 9. The van der Waals surface area contributed by atoms with Gasteiger partial charge in [0.05, 0.1) is 17.2 Å². The molecule has 12 heteroatoms. The van der Waals surface area contributed by atoms with Crippen molar-refractivity contribution in [1.29, 1.82) is 0 Å². The number of aromatic nitrogens is 3. The van der Waals surface area contributed by atoms with Crippen LogP contribution in [0.2, 0.25) is 5.02 Å². The quantitative estimate of drug-likeness (QED) is 0.497. The Morgan fingerprint density at radius 2 is 2.12 bits per heavy atom. The van der Waals surface area contributed by atoms with E-state index in [0.29, 0.717) is 16.2 Å². The lowest BCUT2D eigenvalue weighted by Gasteiger charge is -2.29. The number of carbonyl (C=O) groups is 2. The molecule has 3 heterocycles. The molecule has 1 aromatic carbocycles. The number of nitrogens with zero attached hydrogens (tertiary/aromatic N) is 3. The summed E-state index contributed by atoms with van der Waals surface area (Å²) >= 11 is 5.94. The number of carbonyl (C=O) groups excluding carboxylic acids is 2. The molecule has 1 fully saturated rings. The molecule has 0 spiro atoms. The maximum Gasteiger partial charge on any atom is 0.338 e. The third kappa shape index (κ3) is 4.67. The molecule has 180 valence electrons. The number of halogens is 2. The van der Waals surface area contributed by atoms with Crippen LogP contribution < -0.4 is 11.5 Å². The van der Waals surface area contributed by atoms with Gasteiger partial charge >= 0.3 is 18.0 Å². The number of nitrogen functional groups attached to an aromatic ring is 1. The van der Waals surface area contributed by atoms with Crippen molar-refractivity contribution in [3.8, 4) is 0 Å². The number of fused-ring (bicyclic) bond motifs is 1. The van der Waals surface area contributed by atoms with Crippen LogP contribution in [0.1, 0.15) is 42.4 Å². The first-order valence-corrected chi connectivity index (χ1v) is 10.9. The van der Waals surface area contributed by atoms with E-state index in [1.807, 2.05) is 0 Å². The summed E-state index contributed by atoms with van der Waals surface area (Å²) < 4.78 is 32.1. The van der Waals surface area contributed by atoms with E-state index in [0.717, 1.165) is 0 Å². The number of rotatable bonds is 6. The number of esters is 2. The minimum Gasteiger partial charge on any atom is -0.457 e. The largest absolute Gasteiger partial charge is 0.457 e. The maximum atomic E-state index is 13.8. The molecule has 1 aliphatic heterocycles. The van der Waals surface area contributed by atoms with Crippen LogP contribution >= 0.6 is 11.6 Å². The highest BCUT2D eigenvalue weighted by atomic mass is 35.5. The molecule has 0 radical (unpaired) electrons. The molecule has 10 nitrogen and oxygen atoms in total. The standard InChI is InChI=1S/C22H23ClFN5O5/c1-11(2)19(30)33-17-9-16(14-6-7-15-18(25)27-21(24)28-29(14)15)34-22(17,26)10-32-20(31)12-4-3-5-13(23)8-12/h3-8,11,16-17H,9-10,26H2,1-2H3,(H2,25,27,28)/t16-,17+,22-/m1/s1. The maximum absolute atomic E-state index is 13.8. The fourth-order valence-electron chi connectivity index (χ4n) is 3.65.